The molecule has 2 aromatic rings. The average Bonchev–Trinajstić information content (AvgIpc) is 2.63. The summed E-state index contributed by atoms with van der Waals surface area (Å²) in [4.78, 5) is 14.7. The fourth-order valence-electron chi connectivity index (χ4n) is 2.86. The highest BCUT2D eigenvalue weighted by Gasteiger charge is 2.26. The molecule has 0 saturated carbocycles. The largest absolute Gasteiger partial charge is 0.495 e. The molecule has 1 saturated heterocycles. The van der Waals surface area contributed by atoms with Crippen molar-refractivity contribution in [1.82, 2.24) is 10.2 Å². The van der Waals surface area contributed by atoms with Gasteiger partial charge in [-0.15, -0.1) is 10.2 Å². The molecule has 1 aliphatic heterocycles. The molecule has 1 aromatic carbocycles. The number of aromatic nitrogens is 2. The summed E-state index contributed by atoms with van der Waals surface area (Å²) in [6.07, 6.45) is 1.47. The molecule has 8 heteroatoms. The van der Waals surface area contributed by atoms with Crippen LogP contribution in [0.2, 0.25) is 10.2 Å². The second kappa shape index (κ2) is 7.89. The number of hydrogen-bond acceptors (Lipinski definition) is 5. The number of carbonyl (C=O) groups is 1. The number of amides is 1. The fraction of sp³-hybridized carbons (Fsp3) is 0.353. The molecule has 1 aliphatic rings. The van der Waals surface area contributed by atoms with Crippen molar-refractivity contribution < 1.29 is 9.53 Å². The summed E-state index contributed by atoms with van der Waals surface area (Å²) in [7, 11) is 1.56. The number of hydrogen-bond donors (Lipinski definition) is 1. The number of benzene rings is 1. The van der Waals surface area contributed by atoms with Crippen LogP contribution in [0.3, 0.4) is 0 Å². The highest BCUT2D eigenvalue weighted by atomic mass is 35.5. The number of halogens is 2. The topological polar surface area (TPSA) is 67.3 Å². The van der Waals surface area contributed by atoms with Crippen molar-refractivity contribution in [2.24, 2.45) is 5.92 Å². The molecule has 6 nitrogen and oxygen atoms in total. The Labute approximate surface area is 156 Å². The van der Waals surface area contributed by atoms with Crippen LogP contribution in [0.5, 0.6) is 5.75 Å². The van der Waals surface area contributed by atoms with E-state index in [0.717, 1.165) is 31.7 Å². The van der Waals surface area contributed by atoms with Crippen LogP contribution in [0.1, 0.15) is 12.8 Å². The van der Waals surface area contributed by atoms with Crippen molar-refractivity contribution in [1.29, 1.82) is 0 Å². The molecule has 2 heterocycles. The SMILES string of the molecule is COc1ccc(Cl)cc1NC(=O)C1CCN(c2ccc(Cl)nn2)CC1. The van der Waals surface area contributed by atoms with Crippen LogP contribution in [0.15, 0.2) is 30.3 Å². The molecular weight excluding hydrogens is 363 g/mol. The molecule has 0 aliphatic carbocycles. The van der Waals surface area contributed by atoms with Gasteiger partial charge in [0.05, 0.1) is 12.8 Å². The summed E-state index contributed by atoms with van der Waals surface area (Å²) in [5.41, 5.74) is 0.589. The molecule has 0 unspecified atom stereocenters. The number of piperidine rings is 1. The van der Waals surface area contributed by atoms with Crippen LogP contribution in [0.4, 0.5) is 11.5 Å². The maximum Gasteiger partial charge on any atom is 0.227 e. The van der Waals surface area contributed by atoms with E-state index in [0.29, 0.717) is 21.6 Å². The van der Waals surface area contributed by atoms with Gasteiger partial charge in [0.25, 0.3) is 0 Å². The molecule has 1 aromatic heterocycles. The van der Waals surface area contributed by atoms with Gasteiger partial charge in [-0.1, -0.05) is 23.2 Å². The lowest BCUT2D eigenvalue weighted by Crippen LogP contribution is -2.38. The minimum Gasteiger partial charge on any atom is -0.495 e. The fourth-order valence-corrected chi connectivity index (χ4v) is 3.13. The lowest BCUT2D eigenvalue weighted by Gasteiger charge is -2.31. The van der Waals surface area contributed by atoms with Gasteiger partial charge in [-0.3, -0.25) is 4.79 Å². The Morgan fingerprint density at radius 1 is 1.20 bits per heavy atom. The first-order chi connectivity index (χ1) is 12.1. The summed E-state index contributed by atoms with van der Waals surface area (Å²) in [5, 5.41) is 11.8. The molecule has 1 N–H and O–H groups in total. The van der Waals surface area contributed by atoms with Crippen LogP contribution in [-0.2, 0) is 4.79 Å². The van der Waals surface area contributed by atoms with Gasteiger partial charge in [0.2, 0.25) is 5.91 Å². The minimum absolute atomic E-state index is 0.0255. The molecule has 3 rings (SSSR count). The van der Waals surface area contributed by atoms with E-state index in [2.05, 4.69) is 20.4 Å². The molecule has 25 heavy (non-hydrogen) atoms. The van der Waals surface area contributed by atoms with Crippen molar-refractivity contribution in [2.45, 2.75) is 12.8 Å². The van der Waals surface area contributed by atoms with Crippen LogP contribution in [-0.4, -0.2) is 36.3 Å². The zero-order chi connectivity index (χ0) is 17.8. The third-order valence-electron chi connectivity index (χ3n) is 4.23. The van der Waals surface area contributed by atoms with Gasteiger partial charge in [-0.2, -0.15) is 0 Å². The monoisotopic (exact) mass is 380 g/mol. The highest BCUT2D eigenvalue weighted by Crippen LogP contribution is 2.29. The first-order valence-corrected chi connectivity index (χ1v) is 8.71. The number of methoxy groups -OCH3 is 1. The molecule has 0 spiro atoms. The van der Waals surface area contributed by atoms with E-state index in [4.69, 9.17) is 27.9 Å². The van der Waals surface area contributed by atoms with E-state index < -0.39 is 0 Å². The van der Waals surface area contributed by atoms with E-state index >= 15 is 0 Å². The van der Waals surface area contributed by atoms with E-state index in [9.17, 15) is 4.79 Å². The van der Waals surface area contributed by atoms with Gasteiger partial charge in [0, 0.05) is 24.0 Å². The summed E-state index contributed by atoms with van der Waals surface area (Å²) in [6, 6.07) is 8.71. The average molecular weight is 381 g/mol. The number of nitrogens with zero attached hydrogens (tertiary/aromatic N) is 3. The van der Waals surface area contributed by atoms with Crippen molar-refractivity contribution in [3.8, 4) is 5.75 Å². The van der Waals surface area contributed by atoms with E-state index in [1.807, 2.05) is 6.07 Å². The smallest absolute Gasteiger partial charge is 0.227 e. The standard InChI is InChI=1S/C17H18Cl2N4O2/c1-25-14-3-2-12(18)10-13(14)20-17(24)11-6-8-23(9-7-11)16-5-4-15(19)21-22-16/h2-5,10-11H,6-9H2,1H3,(H,20,24). The van der Waals surface area contributed by atoms with E-state index in [1.54, 1.807) is 31.4 Å². The molecule has 0 atom stereocenters. The second-order valence-corrected chi connectivity index (χ2v) is 6.63. The lowest BCUT2D eigenvalue weighted by atomic mass is 9.95. The Morgan fingerprint density at radius 3 is 2.60 bits per heavy atom. The van der Waals surface area contributed by atoms with Gasteiger partial charge in [0.15, 0.2) is 11.0 Å². The van der Waals surface area contributed by atoms with Gasteiger partial charge < -0.3 is 15.0 Å². The Hall–Kier alpha value is -2.05. The Morgan fingerprint density at radius 2 is 1.96 bits per heavy atom. The summed E-state index contributed by atoms with van der Waals surface area (Å²) >= 11 is 11.8. The van der Waals surface area contributed by atoms with Gasteiger partial charge in [-0.25, -0.2) is 0 Å². The number of anilines is 2. The first-order valence-electron chi connectivity index (χ1n) is 7.95. The lowest BCUT2D eigenvalue weighted by molar-refractivity contribution is -0.120. The van der Waals surface area contributed by atoms with E-state index in [-0.39, 0.29) is 11.8 Å². The van der Waals surface area contributed by atoms with Crippen molar-refractivity contribution in [3.63, 3.8) is 0 Å². The first kappa shape index (κ1) is 17.8. The molecular formula is C17H18Cl2N4O2. The number of rotatable bonds is 4. The predicted molar refractivity (Wildman–Crippen MR) is 98.6 cm³/mol. The van der Waals surface area contributed by atoms with Crippen molar-refractivity contribution in [2.75, 3.05) is 30.4 Å². The zero-order valence-corrected chi connectivity index (χ0v) is 15.2. The Balaban J connectivity index is 1.60. The van der Waals surface area contributed by atoms with Crippen molar-refractivity contribution >= 4 is 40.6 Å². The Kier molecular flexibility index (Phi) is 5.60. The van der Waals surface area contributed by atoms with Crippen molar-refractivity contribution in [3.05, 3.63) is 40.5 Å². The molecule has 1 fully saturated rings. The second-order valence-electron chi connectivity index (χ2n) is 5.81. The van der Waals surface area contributed by atoms with Gasteiger partial charge in [0.1, 0.15) is 5.75 Å². The minimum atomic E-state index is -0.0693. The van der Waals surface area contributed by atoms with Crippen LogP contribution in [0.25, 0.3) is 0 Å². The van der Waals surface area contributed by atoms with Gasteiger partial charge in [-0.05, 0) is 43.2 Å². The maximum atomic E-state index is 12.6. The van der Waals surface area contributed by atoms with Gasteiger partial charge >= 0.3 is 0 Å². The Bertz CT molecular complexity index is 747. The highest BCUT2D eigenvalue weighted by molar-refractivity contribution is 6.31. The molecule has 0 bridgehead atoms. The zero-order valence-electron chi connectivity index (χ0n) is 13.7. The third-order valence-corrected chi connectivity index (χ3v) is 4.66. The predicted octanol–water partition coefficient (Wildman–Crippen LogP) is 3.65. The quantitative estimate of drug-likeness (QED) is 0.876. The summed E-state index contributed by atoms with van der Waals surface area (Å²) < 4.78 is 5.27. The van der Waals surface area contributed by atoms with Crippen LogP contribution in [0, 0.1) is 5.92 Å². The number of nitrogens with one attached hydrogen (secondary N) is 1. The molecule has 1 amide bonds. The van der Waals surface area contributed by atoms with E-state index in [1.165, 1.54) is 0 Å². The maximum absolute atomic E-state index is 12.6. The number of ether oxygens (including phenoxy) is 1. The summed E-state index contributed by atoms with van der Waals surface area (Å²) in [6.45, 7) is 1.47. The number of carbonyl (C=O) groups excluding carboxylic acids is 1. The van der Waals surface area contributed by atoms with Crippen LogP contribution >= 0.6 is 23.2 Å². The normalized spacial score (nSPS) is 15.1. The molecule has 0 radical (unpaired) electrons. The summed E-state index contributed by atoms with van der Waals surface area (Å²) in [5.74, 6) is 1.27. The van der Waals surface area contributed by atoms with Crippen LogP contribution < -0.4 is 15.0 Å². The molecule has 132 valence electrons. The third kappa shape index (κ3) is 4.32.